The number of fused-ring (bicyclic) bond motifs is 1. The van der Waals surface area contributed by atoms with Crippen molar-refractivity contribution in [2.75, 3.05) is 27.2 Å². The lowest BCUT2D eigenvalue weighted by atomic mass is 10.1. The van der Waals surface area contributed by atoms with Crippen LogP contribution >= 0.6 is 0 Å². The molecule has 108 valence electrons. The standard InChI is InChI=1S/C12H19F3N4/c1-8(7-18(2)3)19-10-4-5-16-6-9(10)17-11(19)12(13,14)15/h8,16H,4-7H2,1-3H3. The van der Waals surface area contributed by atoms with Gasteiger partial charge in [-0.1, -0.05) is 0 Å². The van der Waals surface area contributed by atoms with Crippen LogP contribution in [0.5, 0.6) is 0 Å². The first kappa shape index (κ1) is 14.3. The van der Waals surface area contributed by atoms with Gasteiger partial charge in [0.05, 0.1) is 5.69 Å². The van der Waals surface area contributed by atoms with Crippen LogP contribution in [-0.2, 0) is 19.1 Å². The lowest BCUT2D eigenvalue weighted by molar-refractivity contribution is -0.148. The number of aromatic nitrogens is 2. The molecule has 1 N–H and O–H groups in total. The molecule has 1 unspecified atom stereocenters. The van der Waals surface area contributed by atoms with Crippen LogP contribution in [0.15, 0.2) is 0 Å². The normalized spacial score (nSPS) is 17.6. The Balaban J connectivity index is 2.46. The van der Waals surface area contributed by atoms with Gasteiger partial charge in [0.1, 0.15) is 0 Å². The smallest absolute Gasteiger partial charge is 0.320 e. The molecular weight excluding hydrogens is 257 g/mol. The van der Waals surface area contributed by atoms with Crippen molar-refractivity contribution < 1.29 is 13.2 Å². The van der Waals surface area contributed by atoms with Crippen molar-refractivity contribution in [2.24, 2.45) is 0 Å². The van der Waals surface area contributed by atoms with Crippen LogP contribution < -0.4 is 5.32 Å². The molecule has 0 saturated carbocycles. The van der Waals surface area contributed by atoms with Gasteiger partial charge in [-0.2, -0.15) is 13.2 Å². The van der Waals surface area contributed by atoms with E-state index < -0.39 is 12.0 Å². The Morgan fingerprint density at radius 2 is 2.11 bits per heavy atom. The van der Waals surface area contributed by atoms with Crippen LogP contribution in [0.2, 0.25) is 0 Å². The van der Waals surface area contributed by atoms with E-state index in [-0.39, 0.29) is 6.04 Å². The molecule has 0 fully saturated rings. The van der Waals surface area contributed by atoms with Crippen molar-refractivity contribution in [3.63, 3.8) is 0 Å². The number of nitrogens with one attached hydrogen (secondary N) is 1. The van der Waals surface area contributed by atoms with Crippen LogP contribution in [0, 0.1) is 0 Å². The van der Waals surface area contributed by atoms with Crippen molar-refractivity contribution in [3.05, 3.63) is 17.2 Å². The molecule has 19 heavy (non-hydrogen) atoms. The Kier molecular flexibility index (Phi) is 3.87. The number of alkyl halides is 3. The fourth-order valence-electron chi connectivity index (χ4n) is 2.62. The summed E-state index contributed by atoms with van der Waals surface area (Å²) in [5, 5.41) is 3.06. The fraction of sp³-hybridized carbons (Fsp3) is 0.750. The van der Waals surface area contributed by atoms with E-state index in [1.54, 1.807) is 6.92 Å². The van der Waals surface area contributed by atoms with Gasteiger partial charge in [0.25, 0.3) is 0 Å². The topological polar surface area (TPSA) is 33.1 Å². The molecule has 1 aromatic rings. The minimum absolute atomic E-state index is 0.249. The highest BCUT2D eigenvalue weighted by Crippen LogP contribution is 2.33. The molecule has 0 saturated heterocycles. The van der Waals surface area contributed by atoms with Gasteiger partial charge in [-0.25, -0.2) is 4.98 Å². The maximum absolute atomic E-state index is 13.1. The minimum atomic E-state index is -4.40. The van der Waals surface area contributed by atoms with E-state index in [4.69, 9.17) is 0 Å². The summed E-state index contributed by atoms with van der Waals surface area (Å²) in [5.74, 6) is -0.768. The molecule has 4 nitrogen and oxygen atoms in total. The third-order valence-corrected chi connectivity index (χ3v) is 3.25. The van der Waals surface area contributed by atoms with Gasteiger partial charge in [-0.3, -0.25) is 0 Å². The van der Waals surface area contributed by atoms with Crippen molar-refractivity contribution in [1.82, 2.24) is 19.8 Å². The fourth-order valence-corrected chi connectivity index (χ4v) is 2.62. The molecule has 0 spiro atoms. The number of imidazole rings is 1. The van der Waals surface area contributed by atoms with Crippen LogP contribution in [0.25, 0.3) is 0 Å². The molecule has 0 amide bonds. The highest BCUT2D eigenvalue weighted by Gasteiger charge is 2.40. The van der Waals surface area contributed by atoms with Gasteiger partial charge >= 0.3 is 6.18 Å². The summed E-state index contributed by atoms with van der Waals surface area (Å²) in [5.41, 5.74) is 1.25. The zero-order valence-electron chi connectivity index (χ0n) is 11.4. The molecule has 0 radical (unpaired) electrons. The third-order valence-electron chi connectivity index (χ3n) is 3.25. The van der Waals surface area contributed by atoms with E-state index in [1.165, 1.54) is 4.57 Å². The quantitative estimate of drug-likeness (QED) is 0.911. The van der Waals surface area contributed by atoms with Crippen LogP contribution in [0.4, 0.5) is 13.2 Å². The lowest BCUT2D eigenvalue weighted by Crippen LogP contribution is -2.30. The Labute approximate surface area is 110 Å². The largest absolute Gasteiger partial charge is 0.449 e. The average molecular weight is 276 g/mol. The Morgan fingerprint density at radius 3 is 2.68 bits per heavy atom. The minimum Gasteiger partial charge on any atom is -0.320 e. The van der Waals surface area contributed by atoms with Crippen LogP contribution in [-0.4, -0.2) is 41.6 Å². The first-order chi connectivity index (χ1) is 8.80. The number of likely N-dealkylation sites (N-methyl/N-ethyl adjacent to an activating group) is 1. The zero-order chi connectivity index (χ0) is 14.2. The molecule has 0 bridgehead atoms. The summed E-state index contributed by atoms with van der Waals surface area (Å²) in [6.07, 6.45) is -3.81. The summed E-state index contributed by atoms with van der Waals surface area (Å²) < 4.78 is 40.7. The summed E-state index contributed by atoms with van der Waals surface area (Å²) >= 11 is 0. The molecular formula is C12H19F3N4. The average Bonchev–Trinajstić information content (AvgIpc) is 2.66. The summed E-state index contributed by atoms with van der Waals surface area (Å²) in [7, 11) is 3.71. The number of hydrogen-bond donors (Lipinski definition) is 1. The van der Waals surface area contributed by atoms with Gasteiger partial charge < -0.3 is 14.8 Å². The van der Waals surface area contributed by atoms with Gasteiger partial charge in [-0.15, -0.1) is 0 Å². The van der Waals surface area contributed by atoms with E-state index in [1.807, 2.05) is 19.0 Å². The van der Waals surface area contributed by atoms with Crippen molar-refractivity contribution in [2.45, 2.75) is 32.1 Å². The van der Waals surface area contributed by atoms with Gasteiger partial charge in [0.15, 0.2) is 0 Å². The number of rotatable bonds is 3. The number of hydrogen-bond acceptors (Lipinski definition) is 3. The molecule has 7 heteroatoms. The second kappa shape index (κ2) is 5.13. The predicted molar refractivity (Wildman–Crippen MR) is 65.9 cm³/mol. The highest BCUT2D eigenvalue weighted by atomic mass is 19.4. The first-order valence-corrected chi connectivity index (χ1v) is 6.33. The Hall–Kier alpha value is -1.08. The summed E-state index contributed by atoms with van der Waals surface area (Å²) in [6.45, 7) is 3.48. The van der Waals surface area contributed by atoms with E-state index in [2.05, 4.69) is 10.3 Å². The van der Waals surface area contributed by atoms with Crippen molar-refractivity contribution >= 4 is 0 Å². The van der Waals surface area contributed by atoms with E-state index in [0.29, 0.717) is 31.7 Å². The third kappa shape index (κ3) is 2.92. The molecule has 1 aliphatic heterocycles. The molecule has 0 aromatic carbocycles. The van der Waals surface area contributed by atoms with E-state index >= 15 is 0 Å². The van der Waals surface area contributed by atoms with Gasteiger partial charge in [-0.05, 0) is 21.0 Å². The molecule has 0 aliphatic carbocycles. The summed E-state index contributed by atoms with van der Waals surface area (Å²) in [4.78, 5) is 5.69. The SMILES string of the molecule is CC(CN(C)C)n1c(C(F)(F)F)nc2c1CCNC2. The maximum Gasteiger partial charge on any atom is 0.449 e. The number of nitrogens with zero attached hydrogens (tertiary/aromatic N) is 3. The molecule has 2 rings (SSSR count). The van der Waals surface area contributed by atoms with Crippen LogP contribution in [0.1, 0.15) is 30.2 Å². The molecule has 2 heterocycles. The van der Waals surface area contributed by atoms with Crippen molar-refractivity contribution in [3.8, 4) is 0 Å². The van der Waals surface area contributed by atoms with Gasteiger partial charge in [0, 0.05) is 37.8 Å². The monoisotopic (exact) mass is 276 g/mol. The van der Waals surface area contributed by atoms with Crippen LogP contribution in [0.3, 0.4) is 0 Å². The first-order valence-electron chi connectivity index (χ1n) is 6.33. The van der Waals surface area contributed by atoms with E-state index in [9.17, 15) is 13.2 Å². The molecule has 1 aromatic heterocycles. The zero-order valence-corrected chi connectivity index (χ0v) is 11.4. The second-order valence-corrected chi connectivity index (χ2v) is 5.23. The second-order valence-electron chi connectivity index (χ2n) is 5.23. The molecule has 1 atom stereocenters. The Bertz CT molecular complexity index is 451. The molecule has 1 aliphatic rings. The summed E-state index contributed by atoms with van der Waals surface area (Å²) in [6, 6.07) is -0.249. The number of halogens is 3. The maximum atomic E-state index is 13.1. The van der Waals surface area contributed by atoms with Crippen molar-refractivity contribution in [1.29, 1.82) is 0 Å². The highest BCUT2D eigenvalue weighted by molar-refractivity contribution is 5.22. The predicted octanol–water partition coefficient (Wildman–Crippen LogP) is 1.67. The van der Waals surface area contributed by atoms with Gasteiger partial charge in [0.2, 0.25) is 5.82 Å². The Morgan fingerprint density at radius 1 is 1.42 bits per heavy atom. The van der Waals surface area contributed by atoms with E-state index in [0.717, 1.165) is 5.69 Å². The lowest BCUT2D eigenvalue weighted by Gasteiger charge is -2.24.